The molecule has 2 aromatic carbocycles. The molecule has 4 aromatic rings. The van der Waals surface area contributed by atoms with Crippen LogP contribution in [-0.4, -0.2) is 47.1 Å². The van der Waals surface area contributed by atoms with Crippen molar-refractivity contribution in [1.82, 2.24) is 9.97 Å². The number of hydrogen-bond acceptors (Lipinski definition) is 6. The number of ether oxygens (including phenoxy) is 2. The van der Waals surface area contributed by atoms with Crippen LogP contribution in [0.1, 0.15) is 50.2 Å². The monoisotopic (exact) mass is 558 g/mol. The third-order valence-corrected chi connectivity index (χ3v) is 8.16. The van der Waals surface area contributed by atoms with Crippen molar-refractivity contribution >= 4 is 11.8 Å². The van der Waals surface area contributed by atoms with E-state index < -0.39 is 10.8 Å². The van der Waals surface area contributed by atoms with E-state index >= 15 is 0 Å². The molecule has 0 spiro atoms. The second-order valence-corrected chi connectivity index (χ2v) is 12.2. The summed E-state index contributed by atoms with van der Waals surface area (Å²) in [5.41, 5.74) is 5.02. The molecule has 6 heteroatoms. The van der Waals surface area contributed by atoms with E-state index in [0.29, 0.717) is 13.2 Å². The van der Waals surface area contributed by atoms with Crippen molar-refractivity contribution in [1.29, 1.82) is 0 Å². The maximum absolute atomic E-state index is 6.14. The van der Waals surface area contributed by atoms with Crippen LogP contribution in [0.5, 0.6) is 0 Å². The van der Waals surface area contributed by atoms with Gasteiger partial charge in [0.2, 0.25) is 0 Å². The van der Waals surface area contributed by atoms with E-state index in [1.807, 2.05) is 48.5 Å². The Balaban J connectivity index is 1.21. The third-order valence-electron chi connectivity index (χ3n) is 8.16. The molecule has 0 N–H and O–H groups in total. The van der Waals surface area contributed by atoms with Gasteiger partial charge in [-0.1, -0.05) is 72.8 Å². The maximum Gasteiger partial charge on any atom is 0.195 e. The number of nitrogens with zero attached hydrogens (tertiary/aromatic N) is 4. The Kier molecular flexibility index (Phi) is 7.63. The lowest BCUT2D eigenvalue weighted by Gasteiger charge is -2.25. The van der Waals surface area contributed by atoms with Crippen molar-refractivity contribution in [2.24, 2.45) is 9.98 Å². The van der Waals surface area contributed by atoms with Crippen molar-refractivity contribution in [3.05, 3.63) is 120 Å². The summed E-state index contributed by atoms with van der Waals surface area (Å²) in [6.07, 6.45) is 1.73. The highest BCUT2D eigenvalue weighted by molar-refractivity contribution is 5.89. The number of aromatic nitrogens is 2. The quantitative estimate of drug-likeness (QED) is 0.227. The molecule has 2 aliphatic heterocycles. The van der Waals surface area contributed by atoms with Gasteiger partial charge in [-0.3, -0.25) is 9.97 Å². The van der Waals surface area contributed by atoms with E-state index in [-0.39, 0.29) is 12.1 Å². The molecule has 0 amide bonds. The van der Waals surface area contributed by atoms with Gasteiger partial charge >= 0.3 is 0 Å². The van der Waals surface area contributed by atoms with E-state index in [4.69, 9.17) is 29.4 Å². The summed E-state index contributed by atoms with van der Waals surface area (Å²) >= 11 is 0. The van der Waals surface area contributed by atoms with Crippen LogP contribution in [0.4, 0.5) is 0 Å². The standard InChI is InChI=1S/C36H38N4O2/c1-35(2,33-37-27(23-41-33)21-25-13-7-5-8-14-25)31-19-11-17-29(39-31)30-18-12-20-32(40-30)36(3,4)34-38-28(24-42-34)22-26-15-9-6-10-16-26/h5-20,27-28H,21-24H2,1-4H3/t27-,28-/m0/s1. The molecule has 0 radical (unpaired) electrons. The van der Waals surface area contributed by atoms with Crippen LogP contribution in [0, 0.1) is 0 Å². The molecule has 6 nitrogen and oxygen atoms in total. The average Bonchev–Trinajstić information content (AvgIpc) is 3.69. The molecule has 0 unspecified atom stereocenters. The molecule has 2 atom stereocenters. The number of hydrogen-bond donors (Lipinski definition) is 0. The molecule has 4 heterocycles. The van der Waals surface area contributed by atoms with Crippen LogP contribution < -0.4 is 0 Å². The number of rotatable bonds is 9. The van der Waals surface area contributed by atoms with Crippen molar-refractivity contribution in [2.45, 2.75) is 63.5 Å². The zero-order valence-corrected chi connectivity index (χ0v) is 24.8. The topological polar surface area (TPSA) is 69.0 Å². The SMILES string of the molecule is CC(C)(C1=N[C@@H](Cc2ccccc2)CO1)c1cccc(-c2cccc(C(C)(C)C3=N[C@@H](Cc4ccccc4)CO3)n2)n1. The fourth-order valence-electron chi connectivity index (χ4n) is 5.57. The maximum atomic E-state index is 6.14. The van der Waals surface area contributed by atoms with E-state index in [9.17, 15) is 0 Å². The van der Waals surface area contributed by atoms with Crippen LogP contribution in [0.3, 0.4) is 0 Å². The van der Waals surface area contributed by atoms with Crippen LogP contribution >= 0.6 is 0 Å². The average molecular weight is 559 g/mol. The Morgan fingerprint density at radius 1 is 0.548 bits per heavy atom. The summed E-state index contributed by atoms with van der Waals surface area (Å²) in [6.45, 7) is 9.66. The normalized spacial score (nSPS) is 18.7. The van der Waals surface area contributed by atoms with Gasteiger partial charge in [-0.2, -0.15) is 0 Å². The highest BCUT2D eigenvalue weighted by atomic mass is 16.5. The van der Waals surface area contributed by atoms with Gasteiger partial charge in [-0.25, -0.2) is 9.98 Å². The van der Waals surface area contributed by atoms with Crippen molar-refractivity contribution in [2.75, 3.05) is 13.2 Å². The van der Waals surface area contributed by atoms with Crippen LogP contribution in [0.2, 0.25) is 0 Å². The van der Waals surface area contributed by atoms with Gasteiger partial charge in [0.05, 0.1) is 45.7 Å². The molecular formula is C36H38N4O2. The van der Waals surface area contributed by atoms with Crippen molar-refractivity contribution < 1.29 is 9.47 Å². The first kappa shape index (κ1) is 27.8. The fraction of sp³-hybridized carbons (Fsp3) is 0.333. The molecule has 0 aliphatic carbocycles. The highest BCUT2D eigenvalue weighted by Gasteiger charge is 2.37. The summed E-state index contributed by atoms with van der Waals surface area (Å²) in [7, 11) is 0. The smallest absolute Gasteiger partial charge is 0.195 e. The van der Waals surface area contributed by atoms with Gasteiger partial charge in [-0.15, -0.1) is 0 Å². The summed E-state index contributed by atoms with van der Waals surface area (Å²) in [4.78, 5) is 20.1. The van der Waals surface area contributed by atoms with Crippen molar-refractivity contribution in [3.8, 4) is 11.4 Å². The van der Waals surface area contributed by atoms with E-state index in [1.54, 1.807) is 0 Å². The zero-order valence-electron chi connectivity index (χ0n) is 24.8. The van der Waals surface area contributed by atoms with Gasteiger partial charge < -0.3 is 9.47 Å². The van der Waals surface area contributed by atoms with Crippen LogP contribution in [-0.2, 0) is 33.1 Å². The fourth-order valence-corrected chi connectivity index (χ4v) is 5.57. The van der Waals surface area contributed by atoms with E-state index in [0.717, 1.165) is 47.4 Å². The minimum absolute atomic E-state index is 0.110. The van der Waals surface area contributed by atoms with Crippen LogP contribution in [0.25, 0.3) is 11.4 Å². The molecule has 6 rings (SSSR count). The van der Waals surface area contributed by atoms with Gasteiger partial charge in [0, 0.05) is 0 Å². The second kappa shape index (κ2) is 11.5. The lowest BCUT2D eigenvalue weighted by Crippen LogP contribution is -2.31. The molecule has 0 fully saturated rings. The van der Waals surface area contributed by atoms with Crippen LogP contribution in [0.15, 0.2) is 107 Å². The molecule has 214 valence electrons. The highest BCUT2D eigenvalue weighted by Crippen LogP contribution is 2.32. The zero-order chi connectivity index (χ0) is 29.2. The lowest BCUT2D eigenvalue weighted by atomic mass is 9.87. The molecule has 2 aromatic heterocycles. The minimum atomic E-state index is -0.474. The number of aliphatic imine (C=N–C) groups is 2. The largest absolute Gasteiger partial charge is 0.478 e. The summed E-state index contributed by atoms with van der Waals surface area (Å²) in [6, 6.07) is 33.3. The number of pyridine rings is 2. The second-order valence-electron chi connectivity index (χ2n) is 12.2. The first-order valence-electron chi connectivity index (χ1n) is 14.7. The Morgan fingerprint density at radius 3 is 1.36 bits per heavy atom. The molecule has 0 bridgehead atoms. The van der Waals surface area contributed by atoms with Gasteiger partial charge in [0.1, 0.15) is 13.2 Å². The van der Waals surface area contributed by atoms with Gasteiger partial charge in [0.15, 0.2) is 11.8 Å². The molecule has 0 saturated heterocycles. The van der Waals surface area contributed by atoms with Gasteiger partial charge in [-0.05, 0) is 75.9 Å². The minimum Gasteiger partial charge on any atom is -0.478 e. The summed E-state index contributed by atoms with van der Waals surface area (Å²) < 4.78 is 12.3. The predicted molar refractivity (Wildman–Crippen MR) is 168 cm³/mol. The molecule has 2 aliphatic rings. The van der Waals surface area contributed by atoms with Crippen molar-refractivity contribution in [3.63, 3.8) is 0 Å². The molecule has 42 heavy (non-hydrogen) atoms. The number of benzene rings is 2. The summed E-state index contributed by atoms with van der Waals surface area (Å²) in [5.74, 6) is 1.47. The Labute approximate surface area is 248 Å². The first-order chi connectivity index (χ1) is 20.3. The Morgan fingerprint density at radius 2 is 0.952 bits per heavy atom. The Bertz CT molecular complexity index is 1470. The van der Waals surface area contributed by atoms with E-state index in [1.165, 1.54) is 11.1 Å². The molecule has 0 saturated carbocycles. The lowest BCUT2D eigenvalue weighted by molar-refractivity contribution is 0.293. The summed E-state index contributed by atoms with van der Waals surface area (Å²) in [5, 5.41) is 0. The first-order valence-corrected chi connectivity index (χ1v) is 14.7. The predicted octanol–water partition coefficient (Wildman–Crippen LogP) is 6.78. The Hall–Kier alpha value is -4.32. The van der Waals surface area contributed by atoms with E-state index in [2.05, 4.69) is 76.2 Å². The van der Waals surface area contributed by atoms with Gasteiger partial charge in [0.25, 0.3) is 0 Å². The third kappa shape index (κ3) is 5.85. The molecular weight excluding hydrogens is 520 g/mol.